The number of hydrogen-bond acceptors (Lipinski definition) is 6. The van der Waals surface area contributed by atoms with Crippen LogP contribution >= 0.6 is 0 Å². The number of benzene rings is 2. The van der Waals surface area contributed by atoms with Crippen LogP contribution in [0.2, 0.25) is 0 Å². The number of piperidine rings is 2. The predicted molar refractivity (Wildman–Crippen MR) is 186 cm³/mol. The second-order valence-electron chi connectivity index (χ2n) is 13.7. The van der Waals surface area contributed by atoms with Gasteiger partial charge in [0.1, 0.15) is 12.0 Å². The van der Waals surface area contributed by atoms with Gasteiger partial charge in [0.05, 0.1) is 17.5 Å². The van der Waals surface area contributed by atoms with Gasteiger partial charge >= 0.3 is 0 Å². The Hall–Kier alpha value is -5.03. The lowest BCUT2D eigenvalue weighted by Crippen LogP contribution is -2.53. The lowest BCUT2D eigenvalue weighted by molar-refractivity contribution is -0.142. The summed E-state index contributed by atoms with van der Waals surface area (Å²) >= 11 is 0. The number of nitrogens with zero attached hydrogens (tertiary/aromatic N) is 6. The molecule has 49 heavy (non-hydrogen) atoms. The summed E-state index contributed by atoms with van der Waals surface area (Å²) in [4.78, 5) is 63.5. The molecular formula is C38H42N6O5. The third kappa shape index (κ3) is 6.19. The minimum Gasteiger partial charge on any atom is -0.388 e. The number of carbonyl (C=O) groups excluding carboxylic acids is 3. The topological polar surface area (TPSA) is 121 Å². The van der Waals surface area contributed by atoms with E-state index in [1.54, 1.807) is 21.7 Å². The van der Waals surface area contributed by atoms with E-state index >= 15 is 0 Å². The molecule has 5 heterocycles. The zero-order valence-corrected chi connectivity index (χ0v) is 27.8. The second kappa shape index (κ2) is 13.1. The molecule has 11 heteroatoms. The highest BCUT2D eigenvalue weighted by Crippen LogP contribution is 2.37. The number of amides is 3. The van der Waals surface area contributed by atoms with Crippen LogP contribution in [0.4, 0.5) is 5.69 Å². The predicted octanol–water partition coefficient (Wildman–Crippen LogP) is 3.50. The summed E-state index contributed by atoms with van der Waals surface area (Å²) in [7, 11) is 1.83. The highest BCUT2D eigenvalue weighted by atomic mass is 16.3. The number of carbonyl (C=O) groups is 3. The first-order valence-corrected chi connectivity index (χ1v) is 17.1. The molecule has 254 valence electrons. The van der Waals surface area contributed by atoms with Crippen LogP contribution in [0.3, 0.4) is 0 Å². The Balaban J connectivity index is 1.06. The van der Waals surface area contributed by atoms with E-state index in [1.165, 1.54) is 17.0 Å². The van der Waals surface area contributed by atoms with Gasteiger partial charge in [-0.25, -0.2) is 4.98 Å². The molecule has 2 aromatic heterocycles. The lowest BCUT2D eigenvalue weighted by atomic mass is 9.79. The number of likely N-dealkylation sites (tertiary alicyclic amines) is 2. The van der Waals surface area contributed by atoms with E-state index in [2.05, 4.69) is 11.6 Å². The van der Waals surface area contributed by atoms with Crippen molar-refractivity contribution in [1.29, 1.82) is 0 Å². The van der Waals surface area contributed by atoms with E-state index < -0.39 is 5.60 Å². The van der Waals surface area contributed by atoms with Crippen LogP contribution in [-0.2, 0) is 29.6 Å². The maximum atomic E-state index is 14.2. The number of aryl methyl sites for hydroxylation is 2. The summed E-state index contributed by atoms with van der Waals surface area (Å²) in [6, 6.07) is 17.2. The van der Waals surface area contributed by atoms with Crippen molar-refractivity contribution in [3.8, 4) is 0 Å². The van der Waals surface area contributed by atoms with Gasteiger partial charge in [0.15, 0.2) is 0 Å². The summed E-state index contributed by atoms with van der Waals surface area (Å²) in [5.41, 5.74) is 2.60. The first-order chi connectivity index (χ1) is 23.7. The van der Waals surface area contributed by atoms with Gasteiger partial charge in [-0.05, 0) is 67.5 Å². The van der Waals surface area contributed by atoms with Gasteiger partial charge in [-0.2, -0.15) is 0 Å². The summed E-state index contributed by atoms with van der Waals surface area (Å²) in [6.45, 7) is 5.92. The fourth-order valence-corrected chi connectivity index (χ4v) is 7.85. The van der Waals surface area contributed by atoms with Gasteiger partial charge in [0.2, 0.25) is 11.8 Å². The monoisotopic (exact) mass is 662 g/mol. The number of anilines is 1. The molecule has 4 aromatic rings. The minimum atomic E-state index is -1.14. The van der Waals surface area contributed by atoms with Crippen LogP contribution in [0, 0.1) is 5.92 Å². The molecule has 0 aliphatic carbocycles. The molecule has 0 spiro atoms. The van der Waals surface area contributed by atoms with Crippen molar-refractivity contribution < 1.29 is 19.5 Å². The van der Waals surface area contributed by atoms with E-state index in [1.807, 2.05) is 65.4 Å². The summed E-state index contributed by atoms with van der Waals surface area (Å²) in [6.07, 6.45) is 7.49. The minimum absolute atomic E-state index is 0.0277. The maximum Gasteiger partial charge on any atom is 0.262 e. The van der Waals surface area contributed by atoms with E-state index in [0.717, 1.165) is 29.7 Å². The van der Waals surface area contributed by atoms with Crippen LogP contribution in [-0.4, -0.2) is 85.1 Å². The third-order valence-electron chi connectivity index (χ3n) is 10.7. The van der Waals surface area contributed by atoms with E-state index in [4.69, 9.17) is 0 Å². The normalized spacial score (nSPS) is 20.6. The van der Waals surface area contributed by atoms with Crippen molar-refractivity contribution in [2.24, 2.45) is 13.0 Å². The smallest absolute Gasteiger partial charge is 0.262 e. The Morgan fingerprint density at radius 3 is 2.55 bits per heavy atom. The van der Waals surface area contributed by atoms with Crippen LogP contribution in [0.1, 0.15) is 53.1 Å². The molecule has 2 fully saturated rings. The standard InChI is InChI=1S/C38H42N6O5/c1-3-33(45)44-17-7-10-27-11-12-28(22-32(27)44)35(46)42-19-14-29(31(23-42)26-8-5-4-6-9-26)36(47)41-20-15-38(49,16-21-41)24-43-25-39-34-30(37(43)48)13-18-40(34)2/h3-6,8-9,11-13,18,22,25,29,31,49H,1,7,10,14-17,19-21,23-24H2,2H3/t29-,31+/m1/s1. The van der Waals surface area contributed by atoms with Crippen LogP contribution in [0.25, 0.3) is 11.0 Å². The van der Waals surface area contributed by atoms with Crippen LogP contribution in [0.5, 0.6) is 0 Å². The fourth-order valence-electron chi connectivity index (χ4n) is 7.85. The fraction of sp³-hybridized carbons (Fsp3) is 0.395. The van der Waals surface area contributed by atoms with Crippen molar-refractivity contribution in [3.63, 3.8) is 0 Å². The number of rotatable bonds is 6. The first kappa shape index (κ1) is 32.5. The van der Waals surface area contributed by atoms with Crippen LogP contribution in [0.15, 0.2) is 84.6 Å². The summed E-state index contributed by atoms with van der Waals surface area (Å²) in [5, 5.41) is 12.0. The lowest BCUT2D eigenvalue weighted by Gasteiger charge is -2.43. The van der Waals surface area contributed by atoms with Gasteiger partial charge < -0.3 is 24.4 Å². The van der Waals surface area contributed by atoms with Crippen LogP contribution < -0.4 is 10.5 Å². The molecule has 3 aliphatic heterocycles. The van der Waals surface area contributed by atoms with E-state index in [9.17, 15) is 24.3 Å². The molecule has 2 atom stereocenters. The highest BCUT2D eigenvalue weighted by molar-refractivity contribution is 6.03. The van der Waals surface area contributed by atoms with Crippen molar-refractivity contribution in [3.05, 3.63) is 107 Å². The van der Waals surface area contributed by atoms with E-state index in [0.29, 0.717) is 68.6 Å². The third-order valence-corrected chi connectivity index (χ3v) is 10.7. The quantitative estimate of drug-likeness (QED) is 0.316. The van der Waals surface area contributed by atoms with Gasteiger partial charge in [-0.15, -0.1) is 0 Å². The van der Waals surface area contributed by atoms with Crippen molar-refractivity contribution in [2.75, 3.05) is 37.6 Å². The molecule has 2 aromatic carbocycles. The van der Waals surface area contributed by atoms with Crippen molar-refractivity contribution in [1.82, 2.24) is 23.9 Å². The average Bonchev–Trinajstić information content (AvgIpc) is 3.52. The van der Waals surface area contributed by atoms with Gasteiger partial charge in [0, 0.05) is 69.1 Å². The molecular weight excluding hydrogens is 620 g/mol. The molecule has 0 unspecified atom stereocenters. The zero-order valence-electron chi connectivity index (χ0n) is 27.8. The summed E-state index contributed by atoms with van der Waals surface area (Å²) in [5.74, 6) is -0.794. The number of aliphatic hydroxyl groups is 1. The van der Waals surface area contributed by atoms with Crippen molar-refractivity contribution in [2.45, 2.75) is 50.2 Å². The molecule has 3 amide bonds. The second-order valence-corrected chi connectivity index (χ2v) is 13.7. The Bertz CT molecular complexity index is 1980. The Morgan fingerprint density at radius 2 is 1.80 bits per heavy atom. The number of hydrogen-bond donors (Lipinski definition) is 1. The molecule has 2 saturated heterocycles. The molecule has 1 N–H and O–H groups in total. The number of fused-ring (bicyclic) bond motifs is 2. The highest BCUT2D eigenvalue weighted by Gasteiger charge is 2.42. The zero-order chi connectivity index (χ0) is 34.3. The SMILES string of the molecule is C=CC(=O)N1CCCc2ccc(C(=O)N3CC[C@@H](C(=O)N4CCC(O)(Cn5cnc6c(ccn6C)c5=O)CC4)[C@H](c4ccccc4)C3)cc21. The molecule has 0 saturated carbocycles. The Labute approximate surface area is 285 Å². The van der Waals surface area contributed by atoms with Gasteiger partial charge in [0.25, 0.3) is 11.5 Å². The average molecular weight is 663 g/mol. The Morgan fingerprint density at radius 1 is 1.02 bits per heavy atom. The molecule has 3 aliphatic rings. The Kier molecular flexibility index (Phi) is 8.70. The largest absolute Gasteiger partial charge is 0.388 e. The summed E-state index contributed by atoms with van der Waals surface area (Å²) < 4.78 is 3.26. The molecule has 0 bridgehead atoms. The van der Waals surface area contributed by atoms with Crippen molar-refractivity contribution >= 4 is 34.4 Å². The maximum absolute atomic E-state index is 14.2. The molecule has 0 radical (unpaired) electrons. The van der Waals surface area contributed by atoms with E-state index in [-0.39, 0.29) is 41.7 Å². The van der Waals surface area contributed by atoms with Gasteiger partial charge in [-0.3, -0.25) is 23.7 Å². The first-order valence-electron chi connectivity index (χ1n) is 17.1. The number of aromatic nitrogens is 3. The molecule has 7 rings (SSSR count). The molecule has 11 nitrogen and oxygen atoms in total. The van der Waals surface area contributed by atoms with Gasteiger partial charge in [-0.1, -0.05) is 43.0 Å².